The first-order valence-electron chi connectivity index (χ1n) is 6.68. The maximum atomic E-state index is 6.21. The van der Waals surface area contributed by atoms with Crippen molar-refractivity contribution in [2.45, 2.75) is 25.7 Å². The molecule has 0 spiro atoms. The number of benzene rings is 1. The summed E-state index contributed by atoms with van der Waals surface area (Å²) in [6.45, 7) is 0. The van der Waals surface area contributed by atoms with Crippen molar-refractivity contribution < 1.29 is 0 Å². The maximum Gasteiger partial charge on any atom is 0.135 e. The summed E-state index contributed by atoms with van der Waals surface area (Å²) in [4.78, 5) is 9.27. The summed E-state index contributed by atoms with van der Waals surface area (Å²) in [5.41, 5.74) is 3.29. The van der Waals surface area contributed by atoms with E-state index in [1.807, 2.05) is 25.2 Å². The van der Waals surface area contributed by atoms with E-state index in [4.69, 9.17) is 23.2 Å². The van der Waals surface area contributed by atoms with Crippen molar-refractivity contribution in [3.05, 3.63) is 50.9 Å². The summed E-state index contributed by atoms with van der Waals surface area (Å²) in [6.07, 6.45) is 3.78. The van der Waals surface area contributed by atoms with E-state index in [-0.39, 0.29) is 0 Å². The topological polar surface area (TPSA) is 37.8 Å². The predicted molar refractivity (Wildman–Crippen MR) is 82.9 cm³/mol. The van der Waals surface area contributed by atoms with Crippen LogP contribution in [0, 0.1) is 0 Å². The Bertz CT molecular complexity index is 636. The summed E-state index contributed by atoms with van der Waals surface area (Å²) < 4.78 is 0. The Morgan fingerprint density at radius 1 is 1.15 bits per heavy atom. The fourth-order valence-electron chi connectivity index (χ4n) is 2.63. The van der Waals surface area contributed by atoms with E-state index in [2.05, 4.69) is 15.3 Å². The zero-order valence-electron chi connectivity index (χ0n) is 11.2. The lowest BCUT2D eigenvalue weighted by molar-refractivity contribution is 0.886. The number of hydrogen-bond donors (Lipinski definition) is 1. The summed E-state index contributed by atoms with van der Waals surface area (Å²) >= 11 is 12.4. The van der Waals surface area contributed by atoms with Crippen LogP contribution in [0.2, 0.25) is 10.0 Å². The van der Waals surface area contributed by atoms with Crippen molar-refractivity contribution in [1.82, 2.24) is 9.97 Å². The number of rotatable bonds is 3. The molecule has 3 nitrogen and oxygen atoms in total. The molecule has 1 aliphatic carbocycles. The highest BCUT2D eigenvalue weighted by molar-refractivity contribution is 6.36. The number of halogens is 2. The molecule has 1 heterocycles. The number of nitrogens with zero attached hydrogens (tertiary/aromatic N) is 2. The molecule has 0 bridgehead atoms. The van der Waals surface area contributed by atoms with Gasteiger partial charge >= 0.3 is 0 Å². The van der Waals surface area contributed by atoms with Crippen LogP contribution in [0.4, 0.5) is 5.82 Å². The van der Waals surface area contributed by atoms with Gasteiger partial charge in [0.2, 0.25) is 0 Å². The lowest BCUT2D eigenvalue weighted by atomic mass is 10.1. The number of aromatic nitrogens is 2. The second-order valence-corrected chi connectivity index (χ2v) is 5.71. The van der Waals surface area contributed by atoms with Crippen molar-refractivity contribution in [3.8, 4) is 0 Å². The summed E-state index contributed by atoms with van der Waals surface area (Å²) in [5.74, 6) is 1.70. The zero-order valence-corrected chi connectivity index (χ0v) is 12.7. The molecule has 0 aliphatic heterocycles. The molecular formula is C15H15Cl2N3. The normalized spacial score (nSPS) is 13.3. The van der Waals surface area contributed by atoms with Crippen LogP contribution < -0.4 is 5.32 Å². The fourth-order valence-corrected chi connectivity index (χ4v) is 3.16. The monoisotopic (exact) mass is 307 g/mol. The van der Waals surface area contributed by atoms with Crippen molar-refractivity contribution in [3.63, 3.8) is 0 Å². The first-order chi connectivity index (χ1) is 9.69. The Labute approximate surface area is 128 Å². The Morgan fingerprint density at radius 3 is 2.60 bits per heavy atom. The third-order valence-corrected chi connectivity index (χ3v) is 4.32. The first-order valence-corrected chi connectivity index (χ1v) is 7.44. The molecule has 5 heteroatoms. The minimum absolute atomic E-state index is 0.556. The van der Waals surface area contributed by atoms with Crippen molar-refractivity contribution in [2.24, 2.45) is 0 Å². The van der Waals surface area contributed by atoms with Gasteiger partial charge in [-0.05, 0) is 37.0 Å². The molecule has 1 aliphatic rings. The second-order valence-electron chi connectivity index (χ2n) is 4.89. The van der Waals surface area contributed by atoms with E-state index in [1.54, 1.807) is 0 Å². The van der Waals surface area contributed by atoms with Gasteiger partial charge < -0.3 is 5.32 Å². The van der Waals surface area contributed by atoms with Crippen molar-refractivity contribution >= 4 is 29.0 Å². The van der Waals surface area contributed by atoms with Gasteiger partial charge in [0.05, 0.1) is 0 Å². The molecule has 0 unspecified atom stereocenters. The van der Waals surface area contributed by atoms with Gasteiger partial charge in [-0.25, -0.2) is 9.97 Å². The molecule has 0 radical (unpaired) electrons. The third kappa shape index (κ3) is 2.48. The van der Waals surface area contributed by atoms with Crippen LogP contribution >= 0.6 is 23.2 Å². The average molecular weight is 308 g/mol. The molecular weight excluding hydrogens is 293 g/mol. The van der Waals surface area contributed by atoms with Crippen LogP contribution in [-0.4, -0.2) is 17.0 Å². The standard InChI is InChI=1S/C15H15Cl2N3/c1-18-15-9-4-2-7-13(9)19-14(20-15)8-10-11(16)5-3-6-12(10)17/h3,5-6H,2,4,7-8H2,1H3,(H,18,19,20). The highest BCUT2D eigenvalue weighted by Crippen LogP contribution is 2.29. The summed E-state index contributed by atoms with van der Waals surface area (Å²) in [5, 5.41) is 4.49. The SMILES string of the molecule is CNc1nc(Cc2c(Cl)cccc2Cl)nc2c1CCC2. The molecule has 1 N–H and O–H groups in total. The minimum Gasteiger partial charge on any atom is -0.373 e. The van der Waals surface area contributed by atoms with Crippen LogP contribution in [0.15, 0.2) is 18.2 Å². The summed E-state index contributed by atoms with van der Waals surface area (Å²) in [6, 6.07) is 5.53. The minimum atomic E-state index is 0.556. The smallest absolute Gasteiger partial charge is 0.135 e. The highest BCUT2D eigenvalue weighted by Gasteiger charge is 2.19. The average Bonchev–Trinajstić information content (AvgIpc) is 2.90. The van der Waals surface area contributed by atoms with Crippen LogP contribution in [0.1, 0.15) is 29.1 Å². The molecule has 0 fully saturated rings. The molecule has 0 saturated carbocycles. The van der Waals surface area contributed by atoms with Crippen LogP contribution in [-0.2, 0) is 19.3 Å². The largest absolute Gasteiger partial charge is 0.373 e. The lowest BCUT2D eigenvalue weighted by Crippen LogP contribution is -2.06. The van der Waals surface area contributed by atoms with E-state index >= 15 is 0 Å². The Hall–Kier alpha value is -1.32. The molecule has 0 amide bonds. The second kappa shape index (κ2) is 5.58. The van der Waals surface area contributed by atoms with Crippen LogP contribution in [0.3, 0.4) is 0 Å². The number of anilines is 1. The number of aryl methyl sites for hydroxylation is 1. The Morgan fingerprint density at radius 2 is 1.90 bits per heavy atom. The Kier molecular flexibility index (Phi) is 3.81. The molecule has 104 valence electrons. The quantitative estimate of drug-likeness (QED) is 0.934. The molecule has 20 heavy (non-hydrogen) atoms. The molecule has 1 aromatic heterocycles. The van der Waals surface area contributed by atoms with E-state index in [0.29, 0.717) is 16.5 Å². The van der Waals surface area contributed by atoms with Crippen LogP contribution in [0.5, 0.6) is 0 Å². The van der Waals surface area contributed by atoms with E-state index in [0.717, 1.165) is 42.2 Å². The van der Waals surface area contributed by atoms with Gasteiger partial charge in [-0.3, -0.25) is 0 Å². The molecule has 2 aromatic rings. The zero-order chi connectivity index (χ0) is 14.1. The third-order valence-electron chi connectivity index (χ3n) is 3.61. The van der Waals surface area contributed by atoms with Gasteiger partial charge in [0.15, 0.2) is 0 Å². The van der Waals surface area contributed by atoms with Crippen molar-refractivity contribution in [1.29, 1.82) is 0 Å². The number of fused-ring (bicyclic) bond motifs is 1. The highest BCUT2D eigenvalue weighted by atomic mass is 35.5. The van der Waals surface area contributed by atoms with Crippen molar-refractivity contribution in [2.75, 3.05) is 12.4 Å². The molecule has 0 saturated heterocycles. The predicted octanol–water partition coefficient (Wildman–Crippen LogP) is 3.90. The first kappa shape index (κ1) is 13.7. The molecule has 1 aromatic carbocycles. The van der Waals surface area contributed by atoms with Gasteiger partial charge in [-0.1, -0.05) is 29.3 Å². The molecule has 0 atom stereocenters. The number of nitrogens with one attached hydrogen (secondary N) is 1. The van der Waals surface area contributed by atoms with Gasteiger partial charge in [-0.15, -0.1) is 0 Å². The summed E-state index contributed by atoms with van der Waals surface area (Å²) in [7, 11) is 1.90. The van der Waals surface area contributed by atoms with Gasteiger partial charge in [-0.2, -0.15) is 0 Å². The number of hydrogen-bond acceptors (Lipinski definition) is 3. The fraction of sp³-hybridized carbons (Fsp3) is 0.333. The van der Waals surface area contributed by atoms with Gasteiger partial charge in [0.25, 0.3) is 0 Å². The lowest BCUT2D eigenvalue weighted by Gasteiger charge is -2.11. The maximum absolute atomic E-state index is 6.21. The van der Waals surface area contributed by atoms with E-state index < -0.39 is 0 Å². The van der Waals surface area contributed by atoms with E-state index in [9.17, 15) is 0 Å². The van der Waals surface area contributed by atoms with E-state index in [1.165, 1.54) is 5.56 Å². The van der Waals surface area contributed by atoms with Gasteiger partial charge in [0, 0.05) is 34.8 Å². The van der Waals surface area contributed by atoms with Gasteiger partial charge in [0.1, 0.15) is 11.6 Å². The van der Waals surface area contributed by atoms with Crippen LogP contribution in [0.25, 0.3) is 0 Å². The Balaban J connectivity index is 1.99. The molecule has 3 rings (SSSR count).